The number of rotatable bonds is 3. The summed E-state index contributed by atoms with van der Waals surface area (Å²) in [5.74, 6) is 0. The van der Waals surface area contributed by atoms with E-state index in [1.165, 1.54) is 35.4 Å². The van der Waals surface area contributed by atoms with E-state index >= 15 is 0 Å². The third-order valence-electron chi connectivity index (χ3n) is 3.91. The summed E-state index contributed by atoms with van der Waals surface area (Å²) in [6.45, 7) is 2.78. The molecular formula is C15H19N3OS. The van der Waals surface area contributed by atoms with Gasteiger partial charge in [-0.3, -0.25) is 4.79 Å². The molecule has 5 heteroatoms. The van der Waals surface area contributed by atoms with Crippen LogP contribution in [0.2, 0.25) is 0 Å². The van der Waals surface area contributed by atoms with Crippen molar-refractivity contribution in [2.24, 2.45) is 0 Å². The summed E-state index contributed by atoms with van der Waals surface area (Å²) < 4.78 is 1.93. The first-order valence-electron chi connectivity index (χ1n) is 7.13. The predicted molar refractivity (Wildman–Crippen MR) is 83.7 cm³/mol. The van der Waals surface area contributed by atoms with Gasteiger partial charge >= 0.3 is 0 Å². The highest BCUT2D eigenvalue weighted by Gasteiger charge is 2.18. The highest BCUT2D eigenvalue weighted by molar-refractivity contribution is 7.14. The average Bonchev–Trinajstić information content (AvgIpc) is 2.95. The molecule has 2 aromatic heterocycles. The van der Waals surface area contributed by atoms with Crippen LogP contribution in [0, 0.1) is 0 Å². The van der Waals surface area contributed by atoms with Crippen molar-refractivity contribution in [1.29, 1.82) is 0 Å². The Labute approximate surface area is 122 Å². The van der Waals surface area contributed by atoms with E-state index in [9.17, 15) is 4.79 Å². The molecule has 0 saturated carbocycles. The molecule has 0 amide bonds. The molecule has 3 rings (SSSR count). The van der Waals surface area contributed by atoms with Crippen LogP contribution in [0.15, 0.2) is 16.2 Å². The molecule has 1 N–H and O–H groups in total. The normalized spacial score (nSPS) is 14.1. The fourth-order valence-electron chi connectivity index (χ4n) is 2.91. The van der Waals surface area contributed by atoms with Crippen LogP contribution in [0.25, 0.3) is 11.3 Å². The number of thiazole rings is 1. The van der Waals surface area contributed by atoms with E-state index in [0.717, 1.165) is 35.8 Å². The quantitative estimate of drug-likeness (QED) is 0.945. The fraction of sp³-hybridized carbons (Fsp3) is 0.467. The van der Waals surface area contributed by atoms with Gasteiger partial charge < -0.3 is 9.88 Å². The molecule has 0 aromatic carbocycles. The van der Waals surface area contributed by atoms with Crippen LogP contribution in [-0.4, -0.2) is 16.6 Å². The number of nitrogens with one attached hydrogen (secondary N) is 1. The van der Waals surface area contributed by atoms with Crippen LogP contribution in [0.5, 0.6) is 0 Å². The number of nitrogens with zero attached hydrogens (tertiary/aromatic N) is 2. The van der Waals surface area contributed by atoms with Gasteiger partial charge in [-0.1, -0.05) is 0 Å². The lowest BCUT2D eigenvalue weighted by Crippen LogP contribution is -2.27. The van der Waals surface area contributed by atoms with Crippen molar-refractivity contribution < 1.29 is 0 Å². The maximum absolute atomic E-state index is 12.7. The van der Waals surface area contributed by atoms with Crippen molar-refractivity contribution in [1.82, 2.24) is 9.55 Å². The van der Waals surface area contributed by atoms with Gasteiger partial charge in [0.2, 0.25) is 0 Å². The zero-order chi connectivity index (χ0) is 14.1. The third-order valence-corrected chi connectivity index (χ3v) is 4.77. The van der Waals surface area contributed by atoms with E-state index in [0.29, 0.717) is 0 Å². The van der Waals surface area contributed by atoms with Gasteiger partial charge in [0.1, 0.15) is 0 Å². The summed E-state index contributed by atoms with van der Waals surface area (Å²) in [6.07, 6.45) is 4.50. The molecule has 0 radical (unpaired) electrons. The SMILES string of the molecule is CCn1c2c(cc(-c3csc(NC)n3)c1=O)CCCC2. The number of aromatic nitrogens is 2. The summed E-state index contributed by atoms with van der Waals surface area (Å²) >= 11 is 1.53. The number of aryl methyl sites for hydroxylation is 1. The monoisotopic (exact) mass is 289 g/mol. The van der Waals surface area contributed by atoms with Crippen molar-refractivity contribution in [2.45, 2.75) is 39.2 Å². The van der Waals surface area contributed by atoms with E-state index < -0.39 is 0 Å². The van der Waals surface area contributed by atoms with Gasteiger partial charge in [0, 0.05) is 24.7 Å². The Bertz CT molecular complexity index is 687. The standard InChI is InChI=1S/C15H19N3OS/c1-3-18-13-7-5-4-6-10(13)8-11(14(18)19)12-9-20-15(16-2)17-12/h8-9H,3-7H2,1-2H3,(H,16,17). The molecule has 2 heterocycles. The second-order valence-electron chi connectivity index (χ2n) is 5.07. The summed E-state index contributed by atoms with van der Waals surface area (Å²) in [6, 6.07) is 2.07. The Kier molecular flexibility index (Phi) is 3.61. The topological polar surface area (TPSA) is 46.9 Å². The minimum Gasteiger partial charge on any atom is -0.365 e. The molecule has 0 bridgehead atoms. The molecule has 0 spiro atoms. The molecule has 20 heavy (non-hydrogen) atoms. The predicted octanol–water partition coefficient (Wildman–Crippen LogP) is 2.91. The van der Waals surface area contributed by atoms with Crippen molar-refractivity contribution in [3.63, 3.8) is 0 Å². The van der Waals surface area contributed by atoms with Gasteiger partial charge in [0.25, 0.3) is 5.56 Å². The van der Waals surface area contributed by atoms with Crippen molar-refractivity contribution >= 4 is 16.5 Å². The first-order chi connectivity index (χ1) is 9.74. The maximum atomic E-state index is 12.7. The fourth-order valence-corrected chi connectivity index (χ4v) is 3.58. The maximum Gasteiger partial charge on any atom is 0.260 e. The van der Waals surface area contributed by atoms with Crippen LogP contribution < -0.4 is 10.9 Å². The van der Waals surface area contributed by atoms with Crippen LogP contribution >= 0.6 is 11.3 Å². The molecular weight excluding hydrogens is 270 g/mol. The Balaban J connectivity index is 2.18. The molecule has 4 nitrogen and oxygen atoms in total. The first-order valence-corrected chi connectivity index (χ1v) is 8.01. The lowest BCUT2D eigenvalue weighted by molar-refractivity contribution is 0.592. The Hall–Kier alpha value is -1.62. The van der Waals surface area contributed by atoms with Gasteiger partial charge in [-0.05, 0) is 44.2 Å². The van der Waals surface area contributed by atoms with Gasteiger partial charge in [0.15, 0.2) is 5.13 Å². The average molecular weight is 289 g/mol. The zero-order valence-electron chi connectivity index (χ0n) is 11.9. The minimum atomic E-state index is 0.0982. The number of pyridine rings is 1. The second kappa shape index (κ2) is 5.40. The van der Waals surface area contributed by atoms with E-state index in [1.54, 1.807) is 0 Å². The molecule has 1 aliphatic carbocycles. The van der Waals surface area contributed by atoms with E-state index in [1.807, 2.05) is 23.9 Å². The first kappa shape index (κ1) is 13.4. The van der Waals surface area contributed by atoms with E-state index in [2.05, 4.69) is 16.4 Å². The van der Waals surface area contributed by atoms with Crippen LogP contribution in [0.4, 0.5) is 5.13 Å². The lowest BCUT2D eigenvalue weighted by atomic mass is 9.94. The van der Waals surface area contributed by atoms with Crippen molar-refractivity contribution in [3.05, 3.63) is 33.1 Å². The minimum absolute atomic E-state index is 0.0982. The van der Waals surface area contributed by atoms with E-state index in [4.69, 9.17) is 0 Å². The highest BCUT2D eigenvalue weighted by atomic mass is 32.1. The third kappa shape index (κ3) is 2.16. The number of hydrogen-bond donors (Lipinski definition) is 1. The molecule has 0 saturated heterocycles. The molecule has 1 aliphatic rings. The van der Waals surface area contributed by atoms with Gasteiger partial charge in [0.05, 0.1) is 11.3 Å². The van der Waals surface area contributed by atoms with Crippen molar-refractivity contribution in [3.8, 4) is 11.3 Å². The highest BCUT2D eigenvalue weighted by Crippen LogP contribution is 2.27. The Morgan fingerprint density at radius 3 is 2.90 bits per heavy atom. The molecule has 0 fully saturated rings. The molecule has 106 valence electrons. The van der Waals surface area contributed by atoms with Crippen LogP contribution in [0.3, 0.4) is 0 Å². The van der Waals surface area contributed by atoms with Crippen LogP contribution in [-0.2, 0) is 19.4 Å². The largest absolute Gasteiger partial charge is 0.365 e. The summed E-state index contributed by atoms with van der Waals surface area (Å²) in [7, 11) is 1.85. The Morgan fingerprint density at radius 1 is 1.40 bits per heavy atom. The zero-order valence-corrected chi connectivity index (χ0v) is 12.7. The summed E-state index contributed by atoms with van der Waals surface area (Å²) in [5.41, 5.74) is 4.19. The van der Waals surface area contributed by atoms with Gasteiger partial charge in [-0.25, -0.2) is 4.98 Å². The Morgan fingerprint density at radius 2 is 2.20 bits per heavy atom. The molecule has 0 aliphatic heterocycles. The van der Waals surface area contributed by atoms with Crippen molar-refractivity contribution in [2.75, 3.05) is 12.4 Å². The lowest BCUT2D eigenvalue weighted by Gasteiger charge is -2.21. The number of hydrogen-bond acceptors (Lipinski definition) is 4. The second-order valence-corrected chi connectivity index (χ2v) is 5.93. The van der Waals surface area contributed by atoms with E-state index in [-0.39, 0.29) is 5.56 Å². The number of anilines is 1. The summed E-state index contributed by atoms with van der Waals surface area (Å²) in [4.78, 5) is 17.2. The van der Waals surface area contributed by atoms with Gasteiger partial charge in [-0.15, -0.1) is 11.3 Å². The number of fused-ring (bicyclic) bond motifs is 1. The molecule has 0 unspecified atom stereocenters. The van der Waals surface area contributed by atoms with Gasteiger partial charge in [-0.2, -0.15) is 0 Å². The smallest absolute Gasteiger partial charge is 0.260 e. The summed E-state index contributed by atoms with van der Waals surface area (Å²) in [5, 5.41) is 5.83. The molecule has 2 aromatic rings. The molecule has 0 atom stereocenters. The van der Waals surface area contributed by atoms with Crippen LogP contribution in [0.1, 0.15) is 31.0 Å².